The fourth-order valence-electron chi connectivity index (χ4n) is 3.19. The number of benzene rings is 2. The van der Waals surface area contributed by atoms with Crippen molar-refractivity contribution in [2.45, 2.75) is 6.92 Å². The Morgan fingerprint density at radius 1 is 1.03 bits per heavy atom. The van der Waals surface area contributed by atoms with Crippen LogP contribution in [0.5, 0.6) is 17.2 Å². The molecule has 0 bridgehead atoms. The van der Waals surface area contributed by atoms with Gasteiger partial charge in [0.05, 0.1) is 37.4 Å². The number of rotatable bonds is 7. The molecule has 160 valence electrons. The third-order valence-corrected chi connectivity index (χ3v) is 4.65. The highest BCUT2D eigenvalue weighted by molar-refractivity contribution is 5.89. The van der Waals surface area contributed by atoms with E-state index in [-0.39, 0.29) is 30.7 Å². The smallest absolute Gasteiger partial charge is 0.260 e. The highest BCUT2D eigenvalue weighted by Crippen LogP contribution is 2.32. The van der Waals surface area contributed by atoms with Crippen LogP contribution in [0.25, 0.3) is 21.8 Å². The molecule has 31 heavy (non-hydrogen) atoms. The number of aliphatic hydroxyl groups is 1. The van der Waals surface area contributed by atoms with Crippen LogP contribution in [0.2, 0.25) is 0 Å². The number of fused-ring (bicyclic) bond motifs is 2. The van der Waals surface area contributed by atoms with Gasteiger partial charge >= 0.3 is 0 Å². The van der Waals surface area contributed by atoms with Gasteiger partial charge in [0.25, 0.3) is 5.56 Å². The lowest BCUT2D eigenvalue weighted by molar-refractivity contribution is 0.201. The van der Waals surface area contributed by atoms with Gasteiger partial charge in [-0.05, 0) is 31.2 Å². The van der Waals surface area contributed by atoms with Gasteiger partial charge in [-0.3, -0.25) is 15.1 Å². The molecule has 2 aromatic carbocycles. The van der Waals surface area contributed by atoms with E-state index in [1.54, 1.807) is 38.5 Å². The summed E-state index contributed by atoms with van der Waals surface area (Å²) < 4.78 is 16.1. The zero-order valence-corrected chi connectivity index (χ0v) is 17.2. The number of anilines is 2. The van der Waals surface area contributed by atoms with Crippen LogP contribution >= 0.6 is 0 Å². The number of methoxy groups -OCH3 is 2. The average Bonchev–Trinajstić information content (AvgIpc) is 2.77. The Balaban J connectivity index is 1.72. The number of aromatic nitrogens is 4. The molecule has 0 radical (unpaired) electrons. The van der Waals surface area contributed by atoms with Gasteiger partial charge < -0.3 is 19.3 Å². The first-order chi connectivity index (χ1) is 15.0. The zero-order chi connectivity index (χ0) is 22.0. The molecule has 4 aromatic rings. The molecule has 0 unspecified atom stereocenters. The van der Waals surface area contributed by atoms with Gasteiger partial charge in [-0.2, -0.15) is 0 Å². The fourth-order valence-corrected chi connectivity index (χ4v) is 3.19. The summed E-state index contributed by atoms with van der Waals surface area (Å²) in [6.45, 7) is 1.88. The molecule has 0 aliphatic carbocycles. The maximum Gasteiger partial charge on any atom is 0.260 e. The van der Waals surface area contributed by atoms with Crippen molar-refractivity contribution in [3.8, 4) is 17.2 Å². The van der Waals surface area contributed by atoms with Crippen LogP contribution in [-0.4, -0.2) is 52.5 Å². The van der Waals surface area contributed by atoms with Crippen molar-refractivity contribution in [3.63, 3.8) is 0 Å². The number of ether oxygens (including phenoxy) is 3. The van der Waals surface area contributed by atoms with E-state index in [0.717, 1.165) is 5.39 Å². The number of aromatic amines is 1. The number of nitrogens with one attached hydrogen (secondary N) is 2. The van der Waals surface area contributed by atoms with Crippen LogP contribution in [0.15, 0.2) is 35.1 Å². The highest BCUT2D eigenvalue weighted by Gasteiger charge is 2.13. The van der Waals surface area contributed by atoms with Gasteiger partial charge in [-0.1, -0.05) is 0 Å². The monoisotopic (exact) mass is 423 g/mol. The van der Waals surface area contributed by atoms with Gasteiger partial charge in [-0.25, -0.2) is 15.0 Å². The second kappa shape index (κ2) is 8.44. The molecule has 0 fully saturated rings. The quantitative estimate of drug-likeness (QED) is 0.410. The van der Waals surface area contributed by atoms with E-state index >= 15 is 0 Å². The molecule has 0 aliphatic heterocycles. The maximum atomic E-state index is 12.6. The van der Waals surface area contributed by atoms with E-state index in [9.17, 15) is 4.79 Å². The molecule has 3 N–H and O–H groups in total. The normalized spacial score (nSPS) is 11.0. The molecule has 0 saturated heterocycles. The standard InChI is InChI=1S/C21H21N5O5/c1-11-14-9-13(29-2)10-17(30-3)18(14)24-20(22-11)26-21-23-16-5-4-12(31-7-6-27)8-15(16)19(28)25-21/h4-5,8-10,27H,6-7H2,1-3H3,(H2,22,23,24,25,26,28). The molecule has 0 amide bonds. The first-order valence-corrected chi connectivity index (χ1v) is 9.47. The van der Waals surface area contributed by atoms with E-state index < -0.39 is 0 Å². The van der Waals surface area contributed by atoms with Crippen molar-refractivity contribution in [3.05, 3.63) is 46.4 Å². The molecule has 0 atom stereocenters. The number of nitrogens with zero attached hydrogens (tertiary/aromatic N) is 3. The van der Waals surface area contributed by atoms with Gasteiger partial charge in [0.1, 0.15) is 29.4 Å². The van der Waals surface area contributed by atoms with Crippen LogP contribution in [0.3, 0.4) is 0 Å². The Hall–Kier alpha value is -3.92. The Bertz CT molecular complexity index is 1320. The summed E-state index contributed by atoms with van der Waals surface area (Å²) in [5, 5.41) is 13.0. The van der Waals surface area contributed by atoms with E-state index in [1.165, 1.54) is 0 Å². The topological polar surface area (TPSA) is 131 Å². The molecule has 0 aliphatic rings. The third-order valence-electron chi connectivity index (χ3n) is 4.65. The molecule has 4 rings (SSSR count). The molecular weight excluding hydrogens is 402 g/mol. The van der Waals surface area contributed by atoms with Crippen LogP contribution in [0, 0.1) is 6.92 Å². The number of hydrogen-bond donors (Lipinski definition) is 3. The summed E-state index contributed by atoms with van der Waals surface area (Å²) in [6.07, 6.45) is 0. The maximum absolute atomic E-state index is 12.6. The summed E-state index contributed by atoms with van der Waals surface area (Å²) in [4.78, 5) is 28.7. The van der Waals surface area contributed by atoms with Crippen molar-refractivity contribution in [2.75, 3.05) is 32.8 Å². The van der Waals surface area contributed by atoms with Crippen molar-refractivity contribution < 1.29 is 19.3 Å². The zero-order valence-electron chi connectivity index (χ0n) is 17.2. The van der Waals surface area contributed by atoms with Crippen molar-refractivity contribution in [1.29, 1.82) is 0 Å². The second-order valence-corrected chi connectivity index (χ2v) is 6.65. The lowest BCUT2D eigenvalue weighted by Gasteiger charge is -2.12. The van der Waals surface area contributed by atoms with Crippen LogP contribution < -0.4 is 25.1 Å². The first-order valence-electron chi connectivity index (χ1n) is 9.47. The Morgan fingerprint density at radius 3 is 2.58 bits per heavy atom. The minimum absolute atomic E-state index is 0.113. The number of aryl methyl sites for hydroxylation is 1. The minimum Gasteiger partial charge on any atom is -0.497 e. The van der Waals surface area contributed by atoms with Gasteiger partial charge in [0.2, 0.25) is 11.9 Å². The summed E-state index contributed by atoms with van der Waals surface area (Å²) in [5.74, 6) is 2.12. The molecule has 2 aromatic heterocycles. The van der Waals surface area contributed by atoms with Crippen molar-refractivity contribution >= 4 is 33.7 Å². The van der Waals surface area contributed by atoms with Crippen LogP contribution in [0.4, 0.5) is 11.9 Å². The van der Waals surface area contributed by atoms with E-state index in [4.69, 9.17) is 19.3 Å². The first kappa shape index (κ1) is 20.4. The highest BCUT2D eigenvalue weighted by atomic mass is 16.5. The van der Waals surface area contributed by atoms with Gasteiger partial charge in [0.15, 0.2) is 0 Å². The molecule has 2 heterocycles. The third kappa shape index (κ3) is 4.05. The number of H-pyrrole nitrogens is 1. The number of aliphatic hydroxyl groups excluding tert-OH is 1. The Kier molecular flexibility index (Phi) is 5.54. The molecule has 10 heteroatoms. The van der Waals surface area contributed by atoms with Crippen molar-refractivity contribution in [2.24, 2.45) is 0 Å². The molecule has 10 nitrogen and oxygen atoms in total. The molecule has 0 saturated carbocycles. The second-order valence-electron chi connectivity index (χ2n) is 6.65. The lowest BCUT2D eigenvalue weighted by atomic mass is 10.1. The van der Waals surface area contributed by atoms with Crippen LogP contribution in [-0.2, 0) is 0 Å². The SMILES string of the molecule is COc1cc(OC)c2nc(Nc3nc4ccc(OCCO)cc4c(=O)[nH]3)nc(C)c2c1. The predicted molar refractivity (Wildman–Crippen MR) is 116 cm³/mol. The molecular formula is C21H21N5O5. The predicted octanol–water partition coefficient (Wildman–Crippen LogP) is 2.31. The average molecular weight is 423 g/mol. The summed E-state index contributed by atoms with van der Waals surface area (Å²) in [5.41, 5.74) is 1.44. The summed E-state index contributed by atoms with van der Waals surface area (Å²) >= 11 is 0. The molecule has 0 spiro atoms. The van der Waals surface area contributed by atoms with Crippen LogP contribution in [0.1, 0.15) is 5.69 Å². The van der Waals surface area contributed by atoms with E-state index in [2.05, 4.69) is 25.3 Å². The Morgan fingerprint density at radius 2 is 1.84 bits per heavy atom. The van der Waals surface area contributed by atoms with Gasteiger partial charge in [0, 0.05) is 11.5 Å². The summed E-state index contributed by atoms with van der Waals surface area (Å²) in [7, 11) is 3.13. The van der Waals surface area contributed by atoms with Gasteiger partial charge in [-0.15, -0.1) is 0 Å². The minimum atomic E-state index is -0.346. The Labute approximate surface area is 176 Å². The fraction of sp³-hybridized carbons (Fsp3) is 0.238. The number of hydrogen-bond acceptors (Lipinski definition) is 9. The largest absolute Gasteiger partial charge is 0.497 e. The van der Waals surface area contributed by atoms with E-state index in [0.29, 0.717) is 39.4 Å². The van der Waals surface area contributed by atoms with Crippen molar-refractivity contribution in [1.82, 2.24) is 19.9 Å². The summed E-state index contributed by atoms with van der Waals surface area (Å²) in [6, 6.07) is 8.51. The lowest BCUT2D eigenvalue weighted by Crippen LogP contribution is -2.13. The van der Waals surface area contributed by atoms with E-state index in [1.807, 2.05) is 13.0 Å².